The first-order valence-corrected chi connectivity index (χ1v) is 13.2. The number of hydrogen-bond acceptors (Lipinski definition) is 6. The standard InChI is InChI=1S/C29H41NO6/c1-3-23(2)27(31)35-21-18-30-29(33)36-20-13-9-7-5-4-6-8-12-19-34-28(32)26-17-16-24-14-10-11-15-25(24)22-26/h10-11,14-17,22-23H,3-9,12-13,18-21H2,1-2H3,(H,30,33). The van der Waals surface area contributed by atoms with Crippen molar-refractivity contribution in [2.24, 2.45) is 5.92 Å². The lowest BCUT2D eigenvalue weighted by molar-refractivity contribution is -0.147. The molecular weight excluding hydrogens is 458 g/mol. The van der Waals surface area contributed by atoms with Gasteiger partial charge in [0.05, 0.1) is 31.2 Å². The maximum absolute atomic E-state index is 12.2. The number of benzene rings is 2. The van der Waals surface area contributed by atoms with Crippen molar-refractivity contribution < 1.29 is 28.6 Å². The van der Waals surface area contributed by atoms with E-state index in [1.165, 1.54) is 0 Å². The van der Waals surface area contributed by atoms with E-state index in [1.807, 2.05) is 56.3 Å². The lowest BCUT2D eigenvalue weighted by Gasteiger charge is -2.10. The van der Waals surface area contributed by atoms with Crippen LogP contribution in [0.4, 0.5) is 4.79 Å². The van der Waals surface area contributed by atoms with E-state index < -0.39 is 6.09 Å². The van der Waals surface area contributed by atoms with E-state index in [9.17, 15) is 14.4 Å². The molecule has 0 fully saturated rings. The second-order valence-electron chi connectivity index (χ2n) is 9.07. The van der Waals surface area contributed by atoms with Gasteiger partial charge in [-0.25, -0.2) is 9.59 Å². The zero-order valence-electron chi connectivity index (χ0n) is 21.8. The molecule has 0 aliphatic heterocycles. The number of carbonyl (C=O) groups is 3. The van der Waals surface area contributed by atoms with Gasteiger partial charge in [-0.2, -0.15) is 0 Å². The highest BCUT2D eigenvalue weighted by molar-refractivity contribution is 5.95. The highest BCUT2D eigenvalue weighted by Gasteiger charge is 2.11. The molecule has 1 N–H and O–H groups in total. The molecule has 0 aromatic heterocycles. The minimum atomic E-state index is -0.476. The summed E-state index contributed by atoms with van der Waals surface area (Å²) < 4.78 is 15.6. The van der Waals surface area contributed by atoms with Gasteiger partial charge in [0.2, 0.25) is 0 Å². The molecule has 0 aliphatic rings. The minimum absolute atomic E-state index is 0.122. The highest BCUT2D eigenvalue weighted by atomic mass is 16.6. The van der Waals surface area contributed by atoms with Crippen molar-refractivity contribution in [3.63, 3.8) is 0 Å². The van der Waals surface area contributed by atoms with Crippen LogP contribution < -0.4 is 5.32 Å². The lowest BCUT2D eigenvalue weighted by Crippen LogP contribution is -2.29. The van der Waals surface area contributed by atoms with E-state index in [0.29, 0.717) is 18.8 Å². The molecule has 0 saturated heterocycles. The van der Waals surface area contributed by atoms with E-state index in [4.69, 9.17) is 14.2 Å². The molecule has 2 rings (SSSR count). The summed E-state index contributed by atoms with van der Waals surface area (Å²) in [7, 11) is 0. The van der Waals surface area contributed by atoms with Gasteiger partial charge in [-0.1, -0.05) is 82.7 Å². The van der Waals surface area contributed by atoms with E-state index in [2.05, 4.69) is 5.32 Å². The summed E-state index contributed by atoms with van der Waals surface area (Å²) in [6.45, 7) is 5.00. The molecule has 0 aliphatic carbocycles. The van der Waals surface area contributed by atoms with Crippen molar-refractivity contribution >= 4 is 28.8 Å². The van der Waals surface area contributed by atoms with Gasteiger partial charge in [0.1, 0.15) is 6.61 Å². The Hall–Kier alpha value is -3.09. The summed E-state index contributed by atoms with van der Waals surface area (Å²) in [5.74, 6) is -0.627. The van der Waals surface area contributed by atoms with Crippen molar-refractivity contribution in [3.05, 3.63) is 48.0 Å². The van der Waals surface area contributed by atoms with Crippen LogP contribution in [0.15, 0.2) is 42.5 Å². The molecule has 2 aromatic rings. The van der Waals surface area contributed by atoms with Crippen molar-refractivity contribution in [2.45, 2.75) is 71.6 Å². The second kappa shape index (κ2) is 17.4. The van der Waals surface area contributed by atoms with Gasteiger partial charge in [0.15, 0.2) is 0 Å². The number of rotatable bonds is 17. The zero-order valence-corrected chi connectivity index (χ0v) is 21.8. The molecule has 2 aromatic carbocycles. The largest absolute Gasteiger partial charge is 0.464 e. The summed E-state index contributed by atoms with van der Waals surface area (Å²) >= 11 is 0. The van der Waals surface area contributed by atoms with Crippen LogP contribution in [0.1, 0.15) is 82.0 Å². The van der Waals surface area contributed by atoms with Crippen LogP contribution in [0.25, 0.3) is 10.8 Å². The number of nitrogens with one attached hydrogen (secondary N) is 1. The van der Waals surface area contributed by atoms with Crippen molar-refractivity contribution in [2.75, 3.05) is 26.4 Å². The highest BCUT2D eigenvalue weighted by Crippen LogP contribution is 2.16. The average molecular weight is 500 g/mol. The SMILES string of the molecule is CCC(C)C(=O)OCCNC(=O)OCCCCCCCCCCOC(=O)c1ccc2ccccc2c1. The Morgan fingerprint density at radius 1 is 0.750 bits per heavy atom. The van der Waals surface area contributed by atoms with Gasteiger partial charge in [-0.05, 0) is 42.2 Å². The summed E-state index contributed by atoms with van der Waals surface area (Å²) in [6.07, 6.45) is 8.54. The van der Waals surface area contributed by atoms with Gasteiger partial charge in [-0.15, -0.1) is 0 Å². The summed E-state index contributed by atoms with van der Waals surface area (Å²) in [4.78, 5) is 35.4. The third kappa shape index (κ3) is 11.6. The van der Waals surface area contributed by atoms with Crippen LogP contribution in [0.3, 0.4) is 0 Å². The van der Waals surface area contributed by atoms with Gasteiger partial charge in [-0.3, -0.25) is 4.79 Å². The Labute approximate surface area is 214 Å². The van der Waals surface area contributed by atoms with Crippen molar-refractivity contribution in [3.8, 4) is 0 Å². The Morgan fingerprint density at radius 3 is 2.03 bits per heavy atom. The lowest BCUT2D eigenvalue weighted by atomic mass is 10.1. The molecule has 1 unspecified atom stereocenters. The topological polar surface area (TPSA) is 90.9 Å². The minimum Gasteiger partial charge on any atom is -0.464 e. The molecule has 7 heteroatoms. The van der Waals surface area contributed by atoms with Crippen molar-refractivity contribution in [1.29, 1.82) is 0 Å². The monoisotopic (exact) mass is 499 g/mol. The number of amides is 1. The van der Waals surface area contributed by atoms with E-state index in [0.717, 1.165) is 68.6 Å². The Bertz CT molecular complexity index is 944. The maximum Gasteiger partial charge on any atom is 0.407 e. The fraction of sp³-hybridized carbons (Fsp3) is 0.552. The summed E-state index contributed by atoms with van der Waals surface area (Å²) in [6, 6.07) is 13.6. The van der Waals surface area contributed by atoms with E-state index in [-0.39, 0.29) is 31.0 Å². The Morgan fingerprint density at radius 2 is 1.36 bits per heavy atom. The predicted octanol–water partition coefficient (Wildman–Crippen LogP) is 6.43. The van der Waals surface area contributed by atoms with Gasteiger partial charge < -0.3 is 19.5 Å². The number of alkyl carbamates (subject to hydrolysis) is 1. The molecule has 1 atom stereocenters. The van der Waals surface area contributed by atoms with Gasteiger partial charge >= 0.3 is 18.0 Å². The molecule has 0 saturated carbocycles. The number of ether oxygens (including phenoxy) is 3. The normalized spacial score (nSPS) is 11.6. The quantitative estimate of drug-likeness (QED) is 0.153. The first-order valence-electron chi connectivity index (χ1n) is 13.2. The average Bonchev–Trinajstić information content (AvgIpc) is 2.90. The van der Waals surface area contributed by atoms with Gasteiger partial charge in [0, 0.05) is 0 Å². The van der Waals surface area contributed by atoms with Gasteiger partial charge in [0.25, 0.3) is 0 Å². The van der Waals surface area contributed by atoms with Crippen LogP contribution in [-0.2, 0) is 19.0 Å². The number of carbonyl (C=O) groups excluding carboxylic acids is 3. The molecule has 0 spiro atoms. The first kappa shape index (κ1) is 29.1. The van der Waals surface area contributed by atoms with Crippen molar-refractivity contribution in [1.82, 2.24) is 5.32 Å². The van der Waals surface area contributed by atoms with E-state index in [1.54, 1.807) is 0 Å². The fourth-order valence-corrected chi connectivity index (χ4v) is 3.66. The smallest absolute Gasteiger partial charge is 0.407 e. The number of esters is 2. The van der Waals surface area contributed by atoms with Crippen LogP contribution >= 0.6 is 0 Å². The predicted molar refractivity (Wildman–Crippen MR) is 141 cm³/mol. The first-order chi connectivity index (χ1) is 17.5. The van der Waals surface area contributed by atoms with Crippen LogP contribution in [0.2, 0.25) is 0 Å². The summed E-state index contributed by atoms with van der Waals surface area (Å²) in [5, 5.41) is 4.74. The second-order valence-corrected chi connectivity index (χ2v) is 9.07. The third-order valence-corrected chi connectivity index (χ3v) is 6.12. The maximum atomic E-state index is 12.2. The van der Waals surface area contributed by atoms with Crippen LogP contribution in [-0.4, -0.2) is 44.4 Å². The Kier molecular flexibility index (Phi) is 14.1. The zero-order chi connectivity index (χ0) is 26.0. The van der Waals surface area contributed by atoms with Crippen LogP contribution in [0.5, 0.6) is 0 Å². The molecule has 0 radical (unpaired) electrons. The molecule has 1 amide bonds. The number of hydrogen-bond donors (Lipinski definition) is 1. The molecule has 7 nitrogen and oxygen atoms in total. The summed E-state index contributed by atoms with van der Waals surface area (Å²) in [5.41, 5.74) is 0.595. The Balaban J connectivity index is 1.37. The molecular formula is C29H41NO6. The molecule has 0 heterocycles. The molecule has 198 valence electrons. The molecule has 0 bridgehead atoms. The molecule has 36 heavy (non-hydrogen) atoms. The third-order valence-electron chi connectivity index (χ3n) is 6.12. The van der Waals surface area contributed by atoms with Crippen LogP contribution in [0, 0.1) is 5.92 Å². The van der Waals surface area contributed by atoms with E-state index >= 15 is 0 Å². The number of unbranched alkanes of at least 4 members (excludes halogenated alkanes) is 7. The number of fused-ring (bicyclic) bond motifs is 1. The fourth-order valence-electron chi connectivity index (χ4n) is 3.66.